The molecular weight excluding hydrogens is 260 g/mol. The Morgan fingerprint density at radius 1 is 1.00 bits per heavy atom. The molecule has 0 radical (unpaired) electrons. The van der Waals surface area contributed by atoms with Crippen molar-refractivity contribution in [2.45, 2.75) is 26.9 Å². The summed E-state index contributed by atoms with van der Waals surface area (Å²) in [6, 6.07) is 18.2. The minimum absolute atomic E-state index is 0.0260. The van der Waals surface area contributed by atoms with Crippen molar-refractivity contribution in [1.82, 2.24) is 10.2 Å². The third kappa shape index (κ3) is 4.63. The van der Waals surface area contributed by atoms with E-state index in [-0.39, 0.29) is 6.03 Å². The van der Waals surface area contributed by atoms with Crippen LogP contribution in [-0.4, -0.2) is 17.5 Å². The molecule has 0 bridgehead atoms. The van der Waals surface area contributed by atoms with E-state index in [1.54, 1.807) is 0 Å². The molecule has 0 aliphatic rings. The molecule has 0 aromatic heterocycles. The van der Waals surface area contributed by atoms with Crippen molar-refractivity contribution in [3.63, 3.8) is 0 Å². The predicted octanol–water partition coefficient (Wildman–Crippen LogP) is 3.73. The fourth-order valence-corrected chi connectivity index (χ4v) is 2.13. The molecule has 3 nitrogen and oxygen atoms in total. The molecule has 1 N–H and O–H groups in total. The lowest BCUT2D eigenvalue weighted by atomic mass is 10.1. The van der Waals surface area contributed by atoms with Gasteiger partial charge < -0.3 is 10.2 Å². The summed E-state index contributed by atoms with van der Waals surface area (Å²) in [5, 5.41) is 2.98. The average Bonchev–Trinajstić information content (AvgIpc) is 2.52. The van der Waals surface area contributed by atoms with Crippen molar-refractivity contribution in [2.24, 2.45) is 0 Å². The summed E-state index contributed by atoms with van der Waals surface area (Å²) in [7, 11) is 0. The second-order valence-electron chi connectivity index (χ2n) is 5.14. The zero-order chi connectivity index (χ0) is 15.1. The quantitative estimate of drug-likeness (QED) is 0.890. The van der Waals surface area contributed by atoms with E-state index in [1.165, 1.54) is 5.56 Å². The summed E-state index contributed by atoms with van der Waals surface area (Å²) in [6.07, 6.45) is 0. The van der Waals surface area contributed by atoms with Crippen LogP contribution in [0.5, 0.6) is 0 Å². The van der Waals surface area contributed by atoms with Crippen LogP contribution in [-0.2, 0) is 13.1 Å². The SMILES string of the molecule is CCN(Cc1ccccc1)C(=O)NCc1ccc(C)cc1. The van der Waals surface area contributed by atoms with Crippen molar-refractivity contribution in [1.29, 1.82) is 0 Å². The van der Waals surface area contributed by atoms with Crippen LogP contribution in [0.1, 0.15) is 23.6 Å². The number of nitrogens with zero attached hydrogens (tertiary/aromatic N) is 1. The summed E-state index contributed by atoms with van der Waals surface area (Å²) in [5.74, 6) is 0. The largest absolute Gasteiger partial charge is 0.334 e. The van der Waals surface area contributed by atoms with E-state index in [0.717, 1.165) is 11.1 Å². The molecule has 2 aromatic rings. The topological polar surface area (TPSA) is 32.3 Å². The Kier molecular flexibility index (Phi) is 5.38. The van der Waals surface area contributed by atoms with Gasteiger partial charge in [-0.3, -0.25) is 0 Å². The van der Waals surface area contributed by atoms with Crippen LogP contribution in [0.25, 0.3) is 0 Å². The van der Waals surface area contributed by atoms with Crippen molar-refractivity contribution in [3.05, 3.63) is 71.3 Å². The minimum atomic E-state index is -0.0260. The van der Waals surface area contributed by atoms with Gasteiger partial charge in [0.05, 0.1) is 0 Å². The molecule has 0 saturated heterocycles. The van der Waals surface area contributed by atoms with E-state index >= 15 is 0 Å². The summed E-state index contributed by atoms with van der Waals surface area (Å²) in [6.45, 7) is 5.94. The highest BCUT2D eigenvalue weighted by molar-refractivity contribution is 5.74. The number of nitrogens with one attached hydrogen (secondary N) is 1. The normalized spacial score (nSPS) is 10.2. The fourth-order valence-electron chi connectivity index (χ4n) is 2.13. The summed E-state index contributed by atoms with van der Waals surface area (Å²) >= 11 is 0. The monoisotopic (exact) mass is 282 g/mol. The number of benzene rings is 2. The highest BCUT2D eigenvalue weighted by atomic mass is 16.2. The maximum atomic E-state index is 12.2. The van der Waals surface area contributed by atoms with E-state index < -0.39 is 0 Å². The summed E-state index contributed by atoms with van der Waals surface area (Å²) in [4.78, 5) is 14.0. The van der Waals surface area contributed by atoms with Gasteiger partial charge in [0.2, 0.25) is 0 Å². The van der Waals surface area contributed by atoms with Crippen LogP contribution in [0, 0.1) is 6.92 Å². The molecule has 2 amide bonds. The van der Waals surface area contributed by atoms with E-state index in [2.05, 4.69) is 24.4 Å². The summed E-state index contributed by atoms with van der Waals surface area (Å²) in [5.41, 5.74) is 3.49. The molecule has 0 spiro atoms. The lowest BCUT2D eigenvalue weighted by Gasteiger charge is -2.21. The highest BCUT2D eigenvalue weighted by Crippen LogP contribution is 2.06. The van der Waals surface area contributed by atoms with Crippen molar-refractivity contribution >= 4 is 6.03 Å². The number of hydrogen-bond acceptors (Lipinski definition) is 1. The Hall–Kier alpha value is -2.29. The van der Waals surface area contributed by atoms with E-state index in [1.807, 2.05) is 54.3 Å². The van der Waals surface area contributed by atoms with Crippen molar-refractivity contribution in [2.75, 3.05) is 6.54 Å². The smallest absolute Gasteiger partial charge is 0.317 e. The number of carbonyl (C=O) groups excluding carboxylic acids is 1. The molecule has 2 aromatic carbocycles. The lowest BCUT2D eigenvalue weighted by molar-refractivity contribution is 0.197. The first-order valence-corrected chi connectivity index (χ1v) is 7.31. The Bertz CT molecular complexity index is 564. The van der Waals surface area contributed by atoms with E-state index in [4.69, 9.17) is 0 Å². The first-order valence-electron chi connectivity index (χ1n) is 7.31. The zero-order valence-electron chi connectivity index (χ0n) is 12.7. The fraction of sp³-hybridized carbons (Fsp3) is 0.278. The number of urea groups is 1. The molecule has 0 saturated carbocycles. The molecule has 0 fully saturated rings. The van der Waals surface area contributed by atoms with Crippen molar-refractivity contribution < 1.29 is 4.79 Å². The predicted molar refractivity (Wildman–Crippen MR) is 85.9 cm³/mol. The number of rotatable bonds is 5. The maximum absolute atomic E-state index is 12.2. The molecular formula is C18H22N2O. The van der Waals surface area contributed by atoms with Gasteiger partial charge in [0.1, 0.15) is 0 Å². The molecule has 21 heavy (non-hydrogen) atoms. The Labute approximate surface area is 126 Å². The van der Waals surface area contributed by atoms with Gasteiger partial charge >= 0.3 is 6.03 Å². The number of hydrogen-bond donors (Lipinski definition) is 1. The molecule has 0 heterocycles. The summed E-state index contributed by atoms with van der Waals surface area (Å²) < 4.78 is 0. The first kappa shape index (κ1) is 15.1. The van der Waals surface area contributed by atoms with E-state index in [9.17, 15) is 4.79 Å². The molecule has 3 heteroatoms. The molecule has 0 aliphatic heterocycles. The Morgan fingerprint density at radius 3 is 2.29 bits per heavy atom. The number of carbonyl (C=O) groups is 1. The highest BCUT2D eigenvalue weighted by Gasteiger charge is 2.11. The number of aryl methyl sites for hydroxylation is 1. The minimum Gasteiger partial charge on any atom is -0.334 e. The van der Waals surface area contributed by atoms with Crippen LogP contribution in [0.15, 0.2) is 54.6 Å². The van der Waals surface area contributed by atoms with Crippen LogP contribution >= 0.6 is 0 Å². The lowest BCUT2D eigenvalue weighted by Crippen LogP contribution is -2.39. The standard InChI is InChI=1S/C18H22N2O/c1-3-20(14-17-7-5-4-6-8-17)18(21)19-13-16-11-9-15(2)10-12-16/h4-12H,3,13-14H2,1-2H3,(H,19,21). The maximum Gasteiger partial charge on any atom is 0.317 e. The van der Waals surface area contributed by atoms with Crippen LogP contribution in [0.2, 0.25) is 0 Å². The third-order valence-corrected chi connectivity index (χ3v) is 3.45. The molecule has 2 rings (SSSR count). The van der Waals surface area contributed by atoms with Gasteiger partial charge in [-0.1, -0.05) is 60.2 Å². The zero-order valence-corrected chi connectivity index (χ0v) is 12.7. The average molecular weight is 282 g/mol. The van der Waals surface area contributed by atoms with Gasteiger partial charge in [-0.2, -0.15) is 0 Å². The van der Waals surface area contributed by atoms with Gasteiger partial charge in [-0.25, -0.2) is 4.79 Å². The molecule has 110 valence electrons. The van der Waals surface area contributed by atoms with Gasteiger partial charge in [-0.15, -0.1) is 0 Å². The molecule has 0 unspecified atom stereocenters. The van der Waals surface area contributed by atoms with Gasteiger partial charge in [0.25, 0.3) is 0 Å². The second kappa shape index (κ2) is 7.48. The third-order valence-electron chi connectivity index (χ3n) is 3.45. The van der Waals surface area contributed by atoms with Crippen LogP contribution in [0.3, 0.4) is 0 Å². The van der Waals surface area contributed by atoms with Gasteiger partial charge in [-0.05, 0) is 25.0 Å². The Morgan fingerprint density at radius 2 is 1.67 bits per heavy atom. The molecule has 0 atom stereocenters. The van der Waals surface area contributed by atoms with Gasteiger partial charge in [0.15, 0.2) is 0 Å². The molecule has 0 aliphatic carbocycles. The Balaban J connectivity index is 1.89. The second-order valence-corrected chi connectivity index (χ2v) is 5.14. The van der Waals surface area contributed by atoms with Crippen molar-refractivity contribution in [3.8, 4) is 0 Å². The first-order chi connectivity index (χ1) is 10.2. The van der Waals surface area contributed by atoms with Crippen LogP contribution < -0.4 is 5.32 Å². The number of amides is 2. The van der Waals surface area contributed by atoms with E-state index in [0.29, 0.717) is 19.6 Å². The van der Waals surface area contributed by atoms with Crippen LogP contribution in [0.4, 0.5) is 4.79 Å². The van der Waals surface area contributed by atoms with Gasteiger partial charge in [0, 0.05) is 19.6 Å².